The van der Waals surface area contributed by atoms with Gasteiger partial charge in [-0.1, -0.05) is 18.2 Å². The van der Waals surface area contributed by atoms with Gasteiger partial charge in [0, 0.05) is 37.9 Å². The zero-order chi connectivity index (χ0) is 17.5. The Bertz CT molecular complexity index is 676. The van der Waals surface area contributed by atoms with Crippen LogP contribution in [0.15, 0.2) is 42.7 Å². The molecule has 0 bridgehead atoms. The molecule has 1 atom stereocenters. The largest absolute Gasteiger partial charge is 0.493 e. The van der Waals surface area contributed by atoms with Crippen LogP contribution in [0, 0.1) is 5.92 Å². The van der Waals surface area contributed by atoms with Crippen molar-refractivity contribution in [2.75, 3.05) is 31.6 Å². The van der Waals surface area contributed by atoms with Gasteiger partial charge in [0.1, 0.15) is 5.75 Å². The number of carbonyl (C=O) groups is 1. The van der Waals surface area contributed by atoms with Crippen LogP contribution >= 0.6 is 0 Å². The van der Waals surface area contributed by atoms with Crippen LogP contribution in [0.5, 0.6) is 5.75 Å². The summed E-state index contributed by atoms with van der Waals surface area (Å²) in [6, 6.07) is 9.80. The number of aromatic nitrogens is 2. The summed E-state index contributed by atoms with van der Waals surface area (Å²) in [4.78, 5) is 22.9. The molecule has 1 aromatic heterocycles. The summed E-state index contributed by atoms with van der Waals surface area (Å²) in [7, 11) is 0. The second-order valence-electron chi connectivity index (χ2n) is 6.21. The summed E-state index contributed by atoms with van der Waals surface area (Å²) in [5.41, 5.74) is 0.534. The Morgan fingerprint density at radius 1 is 1.28 bits per heavy atom. The smallest absolute Gasteiger partial charge is 0.257 e. The maximum absolute atomic E-state index is 12.7. The van der Waals surface area contributed by atoms with Crippen molar-refractivity contribution in [3.8, 4) is 5.75 Å². The number of hydrogen-bond donors (Lipinski definition) is 1. The second kappa shape index (κ2) is 8.46. The third-order valence-electron chi connectivity index (χ3n) is 4.27. The van der Waals surface area contributed by atoms with Crippen LogP contribution in [0.4, 0.5) is 5.95 Å². The van der Waals surface area contributed by atoms with E-state index in [0.29, 0.717) is 30.6 Å². The molecule has 2 heterocycles. The summed E-state index contributed by atoms with van der Waals surface area (Å²) in [5, 5.41) is 3.03. The average molecular weight is 340 g/mol. The number of nitrogens with one attached hydrogen (secondary N) is 1. The summed E-state index contributed by atoms with van der Waals surface area (Å²) in [6.07, 6.45) is 5.26. The molecule has 0 unspecified atom stereocenters. The number of amides is 1. The fraction of sp³-hybridized carbons (Fsp3) is 0.421. The molecule has 132 valence electrons. The van der Waals surface area contributed by atoms with Crippen molar-refractivity contribution in [1.29, 1.82) is 0 Å². The van der Waals surface area contributed by atoms with Crippen molar-refractivity contribution in [2.24, 2.45) is 5.92 Å². The van der Waals surface area contributed by atoms with Crippen LogP contribution < -0.4 is 10.1 Å². The van der Waals surface area contributed by atoms with E-state index in [4.69, 9.17) is 4.74 Å². The third kappa shape index (κ3) is 4.68. The highest BCUT2D eigenvalue weighted by atomic mass is 16.5. The van der Waals surface area contributed by atoms with Gasteiger partial charge in [0.15, 0.2) is 0 Å². The Balaban J connectivity index is 1.55. The van der Waals surface area contributed by atoms with Gasteiger partial charge in [-0.25, -0.2) is 9.97 Å². The van der Waals surface area contributed by atoms with E-state index in [1.165, 1.54) is 0 Å². The highest BCUT2D eigenvalue weighted by Crippen LogP contribution is 2.20. The van der Waals surface area contributed by atoms with Crippen LogP contribution in [0.25, 0.3) is 0 Å². The number of para-hydroxylation sites is 1. The van der Waals surface area contributed by atoms with E-state index >= 15 is 0 Å². The van der Waals surface area contributed by atoms with Gasteiger partial charge in [0.05, 0.1) is 12.2 Å². The molecule has 3 rings (SSSR count). The number of nitrogens with zero attached hydrogens (tertiary/aromatic N) is 3. The maximum Gasteiger partial charge on any atom is 0.257 e. The van der Waals surface area contributed by atoms with E-state index < -0.39 is 0 Å². The number of piperidine rings is 1. The summed E-state index contributed by atoms with van der Waals surface area (Å²) >= 11 is 0. The summed E-state index contributed by atoms with van der Waals surface area (Å²) < 4.78 is 5.85. The highest BCUT2D eigenvalue weighted by molar-refractivity contribution is 5.93. The van der Waals surface area contributed by atoms with E-state index in [1.807, 2.05) is 42.2 Å². The van der Waals surface area contributed by atoms with Crippen molar-refractivity contribution in [2.45, 2.75) is 19.8 Å². The van der Waals surface area contributed by atoms with Gasteiger partial charge in [-0.3, -0.25) is 4.79 Å². The number of anilines is 1. The molecule has 1 aliphatic heterocycles. The average Bonchev–Trinajstić information content (AvgIpc) is 2.68. The SMILES string of the molecule is CCNc1ncc(C(=O)N2CCC[C@@H](COc3ccccc3)C2)cn1. The number of carbonyl (C=O) groups excluding carboxylic acids is 1. The predicted octanol–water partition coefficient (Wildman–Crippen LogP) is 2.84. The fourth-order valence-corrected chi connectivity index (χ4v) is 2.99. The van der Waals surface area contributed by atoms with Crippen LogP contribution in [0.2, 0.25) is 0 Å². The number of ether oxygens (including phenoxy) is 1. The van der Waals surface area contributed by atoms with Crippen molar-refractivity contribution >= 4 is 11.9 Å². The van der Waals surface area contributed by atoms with E-state index in [2.05, 4.69) is 15.3 Å². The number of likely N-dealkylation sites (tertiary alicyclic amines) is 1. The van der Waals surface area contributed by atoms with Crippen molar-refractivity contribution in [1.82, 2.24) is 14.9 Å². The van der Waals surface area contributed by atoms with Crippen molar-refractivity contribution in [3.63, 3.8) is 0 Å². The van der Waals surface area contributed by atoms with Gasteiger partial charge >= 0.3 is 0 Å². The van der Waals surface area contributed by atoms with Gasteiger partial charge in [0.2, 0.25) is 5.95 Å². The number of benzene rings is 1. The van der Waals surface area contributed by atoms with Gasteiger partial charge in [-0.2, -0.15) is 0 Å². The molecule has 1 aliphatic rings. The van der Waals surface area contributed by atoms with E-state index in [1.54, 1.807) is 12.4 Å². The lowest BCUT2D eigenvalue weighted by molar-refractivity contribution is 0.0632. The molecule has 1 saturated heterocycles. The zero-order valence-electron chi connectivity index (χ0n) is 14.5. The predicted molar refractivity (Wildman–Crippen MR) is 96.8 cm³/mol. The van der Waals surface area contributed by atoms with Crippen LogP contribution in [-0.2, 0) is 0 Å². The Kier molecular flexibility index (Phi) is 5.82. The molecule has 0 spiro atoms. The molecule has 1 N–H and O–H groups in total. The number of hydrogen-bond acceptors (Lipinski definition) is 5. The van der Waals surface area contributed by atoms with Gasteiger partial charge < -0.3 is 15.0 Å². The van der Waals surface area contributed by atoms with E-state index in [-0.39, 0.29) is 5.91 Å². The van der Waals surface area contributed by atoms with E-state index in [9.17, 15) is 4.79 Å². The van der Waals surface area contributed by atoms with Crippen molar-refractivity contribution < 1.29 is 9.53 Å². The first kappa shape index (κ1) is 17.2. The summed E-state index contributed by atoms with van der Waals surface area (Å²) in [6.45, 7) is 4.84. The molecule has 6 nitrogen and oxygen atoms in total. The first-order valence-corrected chi connectivity index (χ1v) is 8.79. The lowest BCUT2D eigenvalue weighted by Crippen LogP contribution is -2.41. The molecule has 0 saturated carbocycles. The number of rotatable bonds is 6. The third-order valence-corrected chi connectivity index (χ3v) is 4.27. The summed E-state index contributed by atoms with van der Waals surface area (Å²) in [5.74, 6) is 1.76. The lowest BCUT2D eigenvalue weighted by atomic mass is 9.98. The van der Waals surface area contributed by atoms with Crippen LogP contribution in [0.1, 0.15) is 30.1 Å². The monoisotopic (exact) mass is 340 g/mol. The minimum absolute atomic E-state index is 0.00698. The minimum atomic E-state index is -0.00698. The maximum atomic E-state index is 12.7. The molecular formula is C19H24N4O2. The van der Waals surface area contributed by atoms with E-state index in [0.717, 1.165) is 31.7 Å². The van der Waals surface area contributed by atoms with Crippen LogP contribution in [0.3, 0.4) is 0 Å². The molecule has 1 fully saturated rings. The Morgan fingerprint density at radius 2 is 2.04 bits per heavy atom. The molecule has 0 aliphatic carbocycles. The molecule has 0 radical (unpaired) electrons. The Hall–Kier alpha value is -2.63. The van der Waals surface area contributed by atoms with Gasteiger partial charge in [-0.15, -0.1) is 0 Å². The van der Waals surface area contributed by atoms with Gasteiger partial charge in [0.25, 0.3) is 5.91 Å². The Labute approximate surface area is 148 Å². The lowest BCUT2D eigenvalue weighted by Gasteiger charge is -2.32. The molecule has 1 aromatic carbocycles. The van der Waals surface area contributed by atoms with Gasteiger partial charge in [-0.05, 0) is 31.9 Å². The first-order chi connectivity index (χ1) is 12.3. The quantitative estimate of drug-likeness (QED) is 0.876. The van der Waals surface area contributed by atoms with Crippen LogP contribution in [-0.4, -0.2) is 47.0 Å². The standard InChI is InChI=1S/C19H24N4O2/c1-2-20-19-21-11-16(12-22-19)18(24)23-10-6-7-15(13-23)14-25-17-8-4-3-5-9-17/h3-5,8-9,11-12,15H,2,6-7,10,13-14H2,1H3,(H,20,21,22)/t15-/m1/s1. The normalized spacial score (nSPS) is 17.2. The fourth-order valence-electron chi connectivity index (χ4n) is 2.99. The second-order valence-corrected chi connectivity index (χ2v) is 6.21. The molecule has 6 heteroatoms. The first-order valence-electron chi connectivity index (χ1n) is 8.79. The molecule has 25 heavy (non-hydrogen) atoms. The van der Waals surface area contributed by atoms with Crippen molar-refractivity contribution in [3.05, 3.63) is 48.3 Å². The molecular weight excluding hydrogens is 316 g/mol. The Morgan fingerprint density at radius 3 is 2.76 bits per heavy atom. The molecule has 1 amide bonds. The zero-order valence-corrected chi connectivity index (χ0v) is 14.5. The highest BCUT2D eigenvalue weighted by Gasteiger charge is 2.25. The minimum Gasteiger partial charge on any atom is -0.493 e. The topological polar surface area (TPSA) is 67.4 Å². The molecule has 2 aromatic rings.